The Kier molecular flexibility index (Phi) is 3.87. The second kappa shape index (κ2) is 5.71. The van der Waals surface area contributed by atoms with Gasteiger partial charge < -0.3 is 26.8 Å². The summed E-state index contributed by atoms with van der Waals surface area (Å²) in [5.74, 6) is 0.723. The summed E-state index contributed by atoms with van der Waals surface area (Å²) < 4.78 is 0. The van der Waals surface area contributed by atoms with Crippen LogP contribution in [0.5, 0.6) is 0 Å². The molecule has 124 valence electrons. The highest BCUT2D eigenvalue weighted by Gasteiger charge is 2.42. The number of aryl methyl sites for hydroxylation is 2. The Bertz CT molecular complexity index is 677. The molecule has 1 aromatic carbocycles. The van der Waals surface area contributed by atoms with E-state index in [2.05, 4.69) is 51.4 Å². The number of aliphatic hydroxyl groups is 1. The van der Waals surface area contributed by atoms with Crippen LogP contribution in [0.2, 0.25) is 0 Å². The molecule has 3 rings (SSSR count). The predicted octanol–water partition coefficient (Wildman–Crippen LogP) is 0.505. The van der Waals surface area contributed by atoms with Gasteiger partial charge in [0.15, 0.2) is 0 Å². The molecule has 0 amide bonds. The lowest BCUT2D eigenvalue weighted by Gasteiger charge is -2.51. The summed E-state index contributed by atoms with van der Waals surface area (Å²) in [5, 5.41) is 19.2. The van der Waals surface area contributed by atoms with Crippen LogP contribution in [0.25, 0.3) is 0 Å². The topological polar surface area (TPSA) is 129 Å². The molecule has 7 N–H and O–H groups in total. The van der Waals surface area contributed by atoms with E-state index in [1.165, 1.54) is 5.69 Å². The van der Waals surface area contributed by atoms with E-state index in [9.17, 15) is 5.11 Å². The maximum absolute atomic E-state index is 9.51. The zero-order valence-corrected chi connectivity index (χ0v) is 13.4. The Morgan fingerprint density at radius 1 is 1.35 bits per heavy atom. The van der Waals surface area contributed by atoms with Crippen LogP contribution in [0, 0.1) is 19.3 Å². The van der Waals surface area contributed by atoms with Gasteiger partial charge in [0.05, 0.1) is 6.61 Å². The van der Waals surface area contributed by atoms with Crippen LogP contribution in [-0.4, -0.2) is 46.5 Å². The standard InChI is InChI=1S/C15H23N7O/c1-9-3-11(18-14-19-13(17)20-21-14)4-10(2)12(9)22-6-15(5-16,7-22)8-23/h3-4,23H,5-8,16H2,1-2H3,(H4,17,18,19,20,21). The largest absolute Gasteiger partial charge is 0.396 e. The minimum atomic E-state index is -0.160. The van der Waals surface area contributed by atoms with E-state index < -0.39 is 0 Å². The lowest BCUT2D eigenvalue weighted by molar-refractivity contribution is 0.100. The van der Waals surface area contributed by atoms with Crippen molar-refractivity contribution < 1.29 is 5.11 Å². The maximum Gasteiger partial charge on any atom is 0.241 e. The molecular formula is C15H23N7O. The minimum Gasteiger partial charge on any atom is -0.396 e. The number of aromatic amines is 1. The summed E-state index contributed by atoms with van der Waals surface area (Å²) in [6.45, 7) is 6.35. The molecule has 0 spiro atoms. The van der Waals surface area contributed by atoms with Crippen LogP contribution in [0.3, 0.4) is 0 Å². The predicted molar refractivity (Wildman–Crippen MR) is 90.8 cm³/mol. The van der Waals surface area contributed by atoms with E-state index in [0.717, 1.165) is 29.9 Å². The number of hydrogen-bond donors (Lipinski definition) is 5. The number of nitrogens with zero attached hydrogens (tertiary/aromatic N) is 3. The molecule has 2 heterocycles. The Morgan fingerprint density at radius 3 is 2.48 bits per heavy atom. The summed E-state index contributed by atoms with van der Waals surface area (Å²) >= 11 is 0. The van der Waals surface area contributed by atoms with Crippen LogP contribution >= 0.6 is 0 Å². The number of anilines is 4. The fourth-order valence-corrected chi connectivity index (χ4v) is 3.21. The van der Waals surface area contributed by atoms with Crippen LogP contribution in [0.4, 0.5) is 23.3 Å². The third-order valence-electron chi connectivity index (χ3n) is 4.39. The average Bonchev–Trinajstić information content (AvgIpc) is 2.86. The third kappa shape index (κ3) is 2.82. The molecule has 0 atom stereocenters. The van der Waals surface area contributed by atoms with Gasteiger partial charge in [-0.25, -0.2) is 5.10 Å². The van der Waals surface area contributed by atoms with Gasteiger partial charge in [-0.2, -0.15) is 4.98 Å². The number of aliphatic hydroxyl groups excluding tert-OH is 1. The first-order chi connectivity index (χ1) is 11.0. The summed E-state index contributed by atoms with van der Waals surface area (Å²) in [4.78, 5) is 6.31. The van der Waals surface area contributed by atoms with E-state index in [4.69, 9.17) is 11.5 Å². The lowest BCUT2D eigenvalue weighted by Crippen LogP contribution is -2.62. The number of aromatic nitrogens is 3. The Morgan fingerprint density at radius 2 is 2.00 bits per heavy atom. The number of nitrogens with two attached hydrogens (primary N) is 2. The van der Waals surface area contributed by atoms with Gasteiger partial charge in [-0.1, -0.05) is 0 Å². The Hall–Kier alpha value is -2.32. The van der Waals surface area contributed by atoms with E-state index in [1.807, 2.05) is 0 Å². The lowest BCUT2D eigenvalue weighted by atomic mass is 9.79. The fourth-order valence-electron chi connectivity index (χ4n) is 3.21. The molecule has 0 saturated carbocycles. The first-order valence-corrected chi connectivity index (χ1v) is 7.58. The second-order valence-corrected chi connectivity index (χ2v) is 6.34. The van der Waals surface area contributed by atoms with Crippen molar-refractivity contribution >= 4 is 23.3 Å². The minimum absolute atomic E-state index is 0.130. The first kappa shape index (κ1) is 15.6. The van der Waals surface area contributed by atoms with Crippen molar-refractivity contribution in [2.24, 2.45) is 11.1 Å². The van der Waals surface area contributed by atoms with Crippen molar-refractivity contribution in [1.29, 1.82) is 0 Å². The molecule has 1 aliphatic rings. The highest BCUT2D eigenvalue weighted by Crippen LogP contribution is 2.38. The van der Waals surface area contributed by atoms with E-state index in [-0.39, 0.29) is 18.0 Å². The van der Waals surface area contributed by atoms with Crippen molar-refractivity contribution in [3.8, 4) is 0 Å². The molecule has 1 aromatic heterocycles. The quantitative estimate of drug-likeness (QED) is 0.543. The molecule has 23 heavy (non-hydrogen) atoms. The molecule has 1 aliphatic heterocycles. The van der Waals surface area contributed by atoms with Gasteiger partial charge >= 0.3 is 0 Å². The molecule has 0 unspecified atom stereocenters. The summed E-state index contributed by atoms with van der Waals surface area (Å²) in [6, 6.07) is 4.12. The van der Waals surface area contributed by atoms with Crippen LogP contribution in [0.15, 0.2) is 12.1 Å². The summed E-state index contributed by atoms with van der Waals surface area (Å²) in [5.41, 5.74) is 15.6. The molecule has 1 saturated heterocycles. The highest BCUT2D eigenvalue weighted by molar-refractivity contribution is 5.69. The second-order valence-electron chi connectivity index (χ2n) is 6.34. The zero-order chi connectivity index (χ0) is 16.6. The van der Waals surface area contributed by atoms with Gasteiger partial charge in [0.2, 0.25) is 11.9 Å². The number of rotatable bonds is 5. The fraction of sp³-hybridized carbons (Fsp3) is 0.467. The van der Waals surface area contributed by atoms with Gasteiger partial charge in [-0.15, -0.1) is 5.10 Å². The monoisotopic (exact) mass is 317 g/mol. The number of hydrogen-bond acceptors (Lipinski definition) is 7. The Balaban J connectivity index is 1.79. The molecule has 0 radical (unpaired) electrons. The molecule has 0 aliphatic carbocycles. The molecule has 8 heteroatoms. The smallest absolute Gasteiger partial charge is 0.241 e. The van der Waals surface area contributed by atoms with Crippen molar-refractivity contribution in [1.82, 2.24) is 15.2 Å². The van der Waals surface area contributed by atoms with Gasteiger partial charge in [0.25, 0.3) is 0 Å². The summed E-state index contributed by atoms with van der Waals surface area (Å²) in [7, 11) is 0. The van der Waals surface area contributed by atoms with Crippen LogP contribution in [0.1, 0.15) is 11.1 Å². The van der Waals surface area contributed by atoms with E-state index in [1.54, 1.807) is 0 Å². The maximum atomic E-state index is 9.51. The Labute approximate surface area is 134 Å². The molecule has 0 bridgehead atoms. The molecule has 8 nitrogen and oxygen atoms in total. The third-order valence-corrected chi connectivity index (χ3v) is 4.39. The van der Waals surface area contributed by atoms with Crippen molar-refractivity contribution in [3.05, 3.63) is 23.3 Å². The van der Waals surface area contributed by atoms with E-state index in [0.29, 0.717) is 12.5 Å². The van der Waals surface area contributed by atoms with Gasteiger partial charge in [0, 0.05) is 36.4 Å². The number of benzene rings is 1. The average molecular weight is 317 g/mol. The first-order valence-electron chi connectivity index (χ1n) is 7.58. The SMILES string of the molecule is Cc1cc(Nc2nc(N)n[nH]2)cc(C)c1N1CC(CN)(CO)C1. The number of nitrogens with one attached hydrogen (secondary N) is 2. The number of H-pyrrole nitrogens is 1. The normalized spacial score (nSPS) is 16.3. The van der Waals surface area contributed by atoms with Crippen molar-refractivity contribution in [2.45, 2.75) is 13.8 Å². The molecule has 2 aromatic rings. The highest BCUT2D eigenvalue weighted by atomic mass is 16.3. The van der Waals surface area contributed by atoms with Gasteiger partial charge in [-0.05, 0) is 37.1 Å². The molecule has 1 fully saturated rings. The van der Waals surface area contributed by atoms with Crippen LogP contribution < -0.4 is 21.7 Å². The number of nitrogen functional groups attached to an aromatic ring is 1. The van der Waals surface area contributed by atoms with E-state index >= 15 is 0 Å². The van der Waals surface area contributed by atoms with Gasteiger partial charge in [0.1, 0.15) is 0 Å². The molecular weight excluding hydrogens is 294 g/mol. The summed E-state index contributed by atoms with van der Waals surface area (Å²) in [6.07, 6.45) is 0. The van der Waals surface area contributed by atoms with Crippen molar-refractivity contribution in [3.63, 3.8) is 0 Å². The van der Waals surface area contributed by atoms with Gasteiger partial charge in [-0.3, -0.25) is 0 Å². The zero-order valence-electron chi connectivity index (χ0n) is 13.4. The van der Waals surface area contributed by atoms with Crippen LogP contribution in [-0.2, 0) is 0 Å². The van der Waals surface area contributed by atoms with Crippen molar-refractivity contribution in [2.75, 3.05) is 42.2 Å².